The Bertz CT molecular complexity index is 912. The van der Waals surface area contributed by atoms with Gasteiger partial charge in [-0.15, -0.1) is 0 Å². The van der Waals surface area contributed by atoms with E-state index in [9.17, 15) is 40.7 Å². The highest BCUT2D eigenvalue weighted by molar-refractivity contribution is 5.96. The number of carbonyl (C=O) groups is 3. The molecule has 2 rings (SSSR count). The molecule has 0 unspecified atom stereocenters. The molecule has 0 spiro atoms. The van der Waals surface area contributed by atoms with E-state index in [4.69, 9.17) is 0 Å². The summed E-state index contributed by atoms with van der Waals surface area (Å²) in [7, 11) is 0. The first-order chi connectivity index (χ1) is 17.9. The topological polar surface area (TPSA) is 63.7 Å². The monoisotopic (exact) mass is 551 g/mol. The van der Waals surface area contributed by atoms with E-state index >= 15 is 0 Å². The van der Waals surface area contributed by atoms with Gasteiger partial charge in [0, 0.05) is 13.0 Å². The maximum atomic E-state index is 13.3. The minimum atomic E-state index is -5.25. The maximum Gasteiger partial charge on any atom is 0.417 e. The highest BCUT2D eigenvalue weighted by Gasteiger charge is 2.43. The van der Waals surface area contributed by atoms with Gasteiger partial charge in [-0.05, 0) is 31.4 Å². The van der Waals surface area contributed by atoms with Gasteiger partial charge in [-0.1, -0.05) is 64.4 Å². The first-order valence-electron chi connectivity index (χ1n) is 13.1. The molecule has 38 heavy (non-hydrogen) atoms. The lowest BCUT2D eigenvalue weighted by Gasteiger charge is -2.24. The maximum absolute atomic E-state index is 13.3. The highest BCUT2D eigenvalue weighted by atomic mass is 19.4. The number of ether oxygens (including phenoxy) is 1. The van der Waals surface area contributed by atoms with E-state index in [0.717, 1.165) is 25.7 Å². The predicted octanol–water partition coefficient (Wildman–Crippen LogP) is 7.36. The Hall–Kier alpha value is -2.59. The molecule has 0 aliphatic carbocycles. The fourth-order valence-electron chi connectivity index (χ4n) is 4.68. The second kappa shape index (κ2) is 14.5. The Morgan fingerprint density at radius 2 is 1.39 bits per heavy atom. The van der Waals surface area contributed by atoms with E-state index in [2.05, 4.69) is 11.7 Å². The third-order valence-corrected chi connectivity index (χ3v) is 6.66. The molecular formula is C27H35F6NO4. The first kappa shape index (κ1) is 31.6. The summed E-state index contributed by atoms with van der Waals surface area (Å²) in [5.41, 5.74) is -5.29. The second-order valence-corrected chi connectivity index (χ2v) is 9.59. The molecule has 1 aliphatic rings. The molecule has 5 nitrogen and oxygen atoms in total. The standard InChI is InChI=1S/C27H35F6NO4/c1-2-3-4-5-6-7-8-9-10-16-23(36)34-17-12-15-21(34)22(35)18-38-25(37)24-19(26(28,29)30)13-11-14-20(24)27(31,32)33/h11,13-14,21H,2-10,12,15-18H2,1H3/t21-/m0/s1. The van der Waals surface area contributed by atoms with Crippen molar-refractivity contribution >= 4 is 17.7 Å². The van der Waals surface area contributed by atoms with Crippen molar-refractivity contribution in [3.63, 3.8) is 0 Å². The smallest absolute Gasteiger partial charge is 0.417 e. The first-order valence-corrected chi connectivity index (χ1v) is 13.1. The molecule has 0 aromatic heterocycles. The van der Waals surface area contributed by atoms with Gasteiger partial charge in [0.25, 0.3) is 0 Å². The third-order valence-electron chi connectivity index (χ3n) is 6.66. The van der Waals surface area contributed by atoms with Gasteiger partial charge in [-0.3, -0.25) is 9.59 Å². The van der Waals surface area contributed by atoms with Crippen LogP contribution in [0.3, 0.4) is 0 Å². The summed E-state index contributed by atoms with van der Waals surface area (Å²) in [6.45, 7) is 1.44. The Morgan fingerprint density at radius 1 is 0.868 bits per heavy atom. The van der Waals surface area contributed by atoms with E-state index in [0.29, 0.717) is 37.6 Å². The van der Waals surface area contributed by atoms with Crippen LogP contribution in [0.2, 0.25) is 0 Å². The third kappa shape index (κ3) is 9.31. The molecule has 0 bridgehead atoms. The van der Waals surface area contributed by atoms with Crippen molar-refractivity contribution in [1.82, 2.24) is 4.90 Å². The van der Waals surface area contributed by atoms with E-state index < -0.39 is 53.4 Å². The van der Waals surface area contributed by atoms with Crippen molar-refractivity contribution in [2.45, 2.75) is 102 Å². The SMILES string of the molecule is CCCCCCCCCCCC(=O)N1CCC[C@H]1C(=O)COC(=O)c1c(C(F)(F)F)cccc1C(F)(F)F. The molecule has 1 aromatic carbocycles. The zero-order chi connectivity index (χ0) is 28.3. The van der Waals surface area contributed by atoms with Crippen LogP contribution in [0.4, 0.5) is 26.3 Å². The largest absolute Gasteiger partial charge is 0.454 e. The quantitative estimate of drug-likeness (QED) is 0.138. The summed E-state index contributed by atoms with van der Waals surface area (Å²) in [5, 5.41) is 0. The van der Waals surface area contributed by atoms with Gasteiger partial charge < -0.3 is 9.64 Å². The van der Waals surface area contributed by atoms with E-state index in [1.165, 1.54) is 30.6 Å². The lowest BCUT2D eigenvalue weighted by molar-refractivity contribution is -0.144. The zero-order valence-corrected chi connectivity index (χ0v) is 21.6. The number of carbonyl (C=O) groups excluding carboxylic acids is 3. The number of hydrogen-bond donors (Lipinski definition) is 0. The van der Waals surface area contributed by atoms with Crippen LogP contribution in [-0.2, 0) is 26.7 Å². The van der Waals surface area contributed by atoms with Crippen molar-refractivity contribution in [3.8, 4) is 0 Å². The van der Waals surface area contributed by atoms with Gasteiger partial charge in [0.05, 0.1) is 22.7 Å². The van der Waals surface area contributed by atoms with E-state index in [1.54, 1.807) is 0 Å². The van der Waals surface area contributed by atoms with Crippen molar-refractivity contribution in [1.29, 1.82) is 0 Å². The molecule has 11 heteroatoms. The number of rotatable bonds is 14. The van der Waals surface area contributed by atoms with Crippen molar-refractivity contribution in [3.05, 3.63) is 34.9 Å². The molecule has 1 heterocycles. The van der Waals surface area contributed by atoms with Crippen LogP contribution < -0.4 is 0 Å². The van der Waals surface area contributed by atoms with Crippen molar-refractivity contribution < 1.29 is 45.5 Å². The Morgan fingerprint density at radius 3 is 1.92 bits per heavy atom. The summed E-state index contributed by atoms with van der Waals surface area (Å²) in [4.78, 5) is 39.0. The van der Waals surface area contributed by atoms with Gasteiger partial charge in [0.1, 0.15) is 0 Å². The molecule has 1 aromatic rings. The zero-order valence-electron chi connectivity index (χ0n) is 21.6. The predicted molar refractivity (Wildman–Crippen MR) is 128 cm³/mol. The second-order valence-electron chi connectivity index (χ2n) is 9.59. The Kier molecular flexibility index (Phi) is 12.1. The molecule has 1 fully saturated rings. The normalized spacial score (nSPS) is 16.1. The minimum absolute atomic E-state index is 0.239. The molecule has 1 aliphatic heterocycles. The number of likely N-dealkylation sites (tertiary alicyclic amines) is 1. The number of alkyl halides is 6. The molecule has 0 saturated carbocycles. The molecular weight excluding hydrogens is 516 g/mol. The summed E-state index contributed by atoms with van der Waals surface area (Å²) in [6.07, 6.45) is 0.218. The van der Waals surface area contributed by atoms with Gasteiger partial charge in [-0.25, -0.2) is 4.79 Å². The van der Waals surface area contributed by atoms with Crippen LogP contribution in [-0.4, -0.2) is 41.8 Å². The lowest BCUT2D eigenvalue weighted by atomic mass is 10.00. The number of ketones is 1. The molecule has 0 N–H and O–H groups in total. The van der Waals surface area contributed by atoms with Gasteiger partial charge in [-0.2, -0.15) is 26.3 Å². The molecule has 214 valence electrons. The number of halogens is 6. The average molecular weight is 552 g/mol. The number of unbranched alkanes of at least 4 members (excludes halogenated alkanes) is 8. The Labute approximate surface area is 218 Å². The van der Waals surface area contributed by atoms with Gasteiger partial charge in [0.15, 0.2) is 12.4 Å². The molecule has 1 amide bonds. The summed E-state index contributed by atoms with van der Waals surface area (Å²) in [6, 6.07) is 0.312. The summed E-state index contributed by atoms with van der Waals surface area (Å²) < 4.78 is 84.5. The average Bonchev–Trinajstić information content (AvgIpc) is 3.35. The fourth-order valence-corrected chi connectivity index (χ4v) is 4.68. The van der Waals surface area contributed by atoms with E-state index in [-0.39, 0.29) is 18.7 Å². The molecule has 1 saturated heterocycles. The molecule has 0 radical (unpaired) electrons. The summed E-state index contributed by atoms with van der Waals surface area (Å²) in [5.74, 6) is -2.88. The Balaban J connectivity index is 1.91. The highest BCUT2D eigenvalue weighted by Crippen LogP contribution is 2.39. The number of benzene rings is 1. The number of nitrogens with zero attached hydrogens (tertiary/aromatic N) is 1. The van der Waals surface area contributed by atoms with Crippen LogP contribution in [0.1, 0.15) is 105 Å². The van der Waals surface area contributed by atoms with Crippen LogP contribution >= 0.6 is 0 Å². The lowest BCUT2D eigenvalue weighted by Crippen LogP contribution is -2.42. The van der Waals surface area contributed by atoms with Gasteiger partial charge >= 0.3 is 18.3 Å². The van der Waals surface area contributed by atoms with Crippen LogP contribution in [0.15, 0.2) is 18.2 Å². The minimum Gasteiger partial charge on any atom is -0.454 e. The fraction of sp³-hybridized carbons (Fsp3) is 0.667. The number of esters is 1. The van der Waals surface area contributed by atoms with Crippen LogP contribution in [0.25, 0.3) is 0 Å². The van der Waals surface area contributed by atoms with Crippen LogP contribution in [0.5, 0.6) is 0 Å². The van der Waals surface area contributed by atoms with E-state index in [1.807, 2.05) is 0 Å². The van der Waals surface area contributed by atoms with Crippen molar-refractivity contribution in [2.24, 2.45) is 0 Å². The number of amides is 1. The van der Waals surface area contributed by atoms with Gasteiger partial charge in [0.2, 0.25) is 5.91 Å². The van der Waals surface area contributed by atoms with Crippen molar-refractivity contribution in [2.75, 3.05) is 13.2 Å². The summed E-state index contributed by atoms with van der Waals surface area (Å²) >= 11 is 0. The molecule has 1 atom stereocenters. The number of Topliss-reactive ketones (excluding diaryl/α,β-unsaturated/α-hetero) is 1. The number of hydrogen-bond acceptors (Lipinski definition) is 4. The van der Waals surface area contributed by atoms with Crippen LogP contribution in [0, 0.1) is 0 Å².